The first kappa shape index (κ1) is 17.4. The van der Waals surface area contributed by atoms with Crippen LogP contribution in [0.2, 0.25) is 0 Å². The summed E-state index contributed by atoms with van der Waals surface area (Å²) < 4.78 is 0. The summed E-state index contributed by atoms with van der Waals surface area (Å²) in [5.41, 5.74) is 1.12. The molecule has 0 radical (unpaired) electrons. The Labute approximate surface area is 160 Å². The summed E-state index contributed by atoms with van der Waals surface area (Å²) in [4.78, 5) is 1.33. The van der Waals surface area contributed by atoms with Crippen molar-refractivity contribution in [3.8, 4) is 0 Å². The molecule has 0 aromatic heterocycles. The van der Waals surface area contributed by atoms with Crippen LogP contribution < -0.4 is 0 Å². The molecule has 0 spiro atoms. The van der Waals surface area contributed by atoms with Crippen molar-refractivity contribution in [2.24, 2.45) is 40.4 Å². The number of fused-ring (bicyclic) bond motifs is 5. The van der Waals surface area contributed by atoms with Gasteiger partial charge in [0.2, 0.25) is 0 Å². The molecule has 0 saturated heterocycles. The predicted molar refractivity (Wildman–Crippen MR) is 106 cm³/mol. The maximum absolute atomic E-state index is 4.27. The molecular formula is C21H34Br2. The van der Waals surface area contributed by atoms with Crippen LogP contribution in [-0.2, 0) is 0 Å². The Morgan fingerprint density at radius 3 is 2.48 bits per heavy atom. The average Bonchev–Trinajstić information content (AvgIpc) is 2.89. The summed E-state index contributed by atoms with van der Waals surface area (Å²) in [5.74, 6) is 4.78. The van der Waals surface area contributed by atoms with E-state index < -0.39 is 0 Å². The van der Waals surface area contributed by atoms with Gasteiger partial charge in [-0.2, -0.15) is 0 Å². The van der Waals surface area contributed by atoms with Gasteiger partial charge in [-0.15, -0.1) is 0 Å². The molecule has 23 heavy (non-hydrogen) atoms. The Morgan fingerprint density at radius 2 is 1.74 bits per heavy atom. The van der Waals surface area contributed by atoms with Gasteiger partial charge in [0, 0.05) is 9.65 Å². The van der Waals surface area contributed by atoms with Crippen molar-refractivity contribution in [3.63, 3.8) is 0 Å². The molecule has 9 atom stereocenters. The third kappa shape index (κ3) is 2.25. The van der Waals surface area contributed by atoms with Crippen LogP contribution in [-0.4, -0.2) is 9.65 Å². The molecule has 132 valence electrons. The summed E-state index contributed by atoms with van der Waals surface area (Å²) in [6.07, 6.45) is 13.3. The summed E-state index contributed by atoms with van der Waals surface area (Å²) in [6, 6.07) is 0. The number of hydrogen-bond donors (Lipinski definition) is 0. The van der Waals surface area contributed by atoms with E-state index in [9.17, 15) is 0 Å². The Bertz CT molecular complexity index is 463. The molecule has 4 fully saturated rings. The van der Waals surface area contributed by atoms with Gasteiger partial charge in [-0.05, 0) is 78.9 Å². The summed E-state index contributed by atoms with van der Waals surface area (Å²) in [7, 11) is 0. The van der Waals surface area contributed by atoms with Crippen LogP contribution >= 0.6 is 31.9 Å². The fourth-order valence-corrected chi connectivity index (χ4v) is 10.6. The molecule has 2 heteroatoms. The zero-order valence-corrected chi connectivity index (χ0v) is 18.3. The molecule has 0 heterocycles. The molecule has 0 N–H and O–H groups in total. The van der Waals surface area contributed by atoms with E-state index in [0.717, 1.165) is 29.6 Å². The second kappa shape index (κ2) is 6.00. The quantitative estimate of drug-likeness (QED) is 0.374. The highest BCUT2D eigenvalue weighted by Gasteiger charge is 2.65. The van der Waals surface area contributed by atoms with Crippen molar-refractivity contribution in [2.45, 2.75) is 88.2 Å². The molecule has 0 aromatic carbocycles. The van der Waals surface area contributed by atoms with Crippen LogP contribution in [0.15, 0.2) is 0 Å². The van der Waals surface area contributed by atoms with Gasteiger partial charge in [0.1, 0.15) is 0 Å². The van der Waals surface area contributed by atoms with E-state index in [0.29, 0.717) is 20.5 Å². The smallest absolute Gasteiger partial charge is 0.0333 e. The van der Waals surface area contributed by atoms with Gasteiger partial charge < -0.3 is 0 Å². The van der Waals surface area contributed by atoms with Crippen LogP contribution in [0, 0.1) is 40.4 Å². The van der Waals surface area contributed by atoms with E-state index in [4.69, 9.17) is 0 Å². The molecule has 4 saturated carbocycles. The van der Waals surface area contributed by atoms with Crippen molar-refractivity contribution in [1.82, 2.24) is 0 Å². The molecule has 4 rings (SSSR count). The van der Waals surface area contributed by atoms with Crippen molar-refractivity contribution in [3.05, 3.63) is 0 Å². The van der Waals surface area contributed by atoms with E-state index in [1.165, 1.54) is 57.8 Å². The van der Waals surface area contributed by atoms with E-state index in [-0.39, 0.29) is 0 Å². The minimum Gasteiger partial charge on any atom is -0.0875 e. The third-order valence-electron chi connectivity index (χ3n) is 9.25. The van der Waals surface area contributed by atoms with Gasteiger partial charge >= 0.3 is 0 Å². The standard InChI is InChI=1S/C21H34Br2/c1-4-13-9-11-16-15-10-8-14-7-5-6-12-20(14,2)17(15)18(22)19(23)21(13,16)3/h13-19H,4-12H2,1-3H3/t13-,14+,15-,16-,17+,18+,19-,20-,21+/m0/s1. The lowest BCUT2D eigenvalue weighted by Crippen LogP contribution is -2.61. The minimum atomic E-state index is 0.516. The van der Waals surface area contributed by atoms with Crippen molar-refractivity contribution < 1.29 is 0 Å². The van der Waals surface area contributed by atoms with Crippen LogP contribution in [0.4, 0.5) is 0 Å². The lowest BCUT2D eigenvalue weighted by molar-refractivity contribution is -0.101. The van der Waals surface area contributed by atoms with Crippen LogP contribution in [0.25, 0.3) is 0 Å². The molecular weight excluding hydrogens is 412 g/mol. The van der Waals surface area contributed by atoms with Gasteiger partial charge in [0.25, 0.3) is 0 Å². The number of hydrogen-bond acceptors (Lipinski definition) is 0. The van der Waals surface area contributed by atoms with Crippen molar-refractivity contribution >= 4 is 31.9 Å². The Balaban J connectivity index is 1.73. The van der Waals surface area contributed by atoms with Crippen LogP contribution in [0.5, 0.6) is 0 Å². The van der Waals surface area contributed by atoms with E-state index in [1.54, 1.807) is 0 Å². The molecule has 0 unspecified atom stereocenters. The highest BCUT2D eigenvalue weighted by molar-refractivity contribution is 9.12. The van der Waals surface area contributed by atoms with Crippen LogP contribution in [0.1, 0.15) is 78.6 Å². The van der Waals surface area contributed by atoms with Gasteiger partial charge in [-0.1, -0.05) is 71.9 Å². The second-order valence-corrected chi connectivity index (χ2v) is 11.8. The Hall–Kier alpha value is 0.960. The molecule has 0 aliphatic heterocycles. The molecule has 4 aliphatic carbocycles. The first-order valence-electron chi connectivity index (χ1n) is 10.2. The van der Waals surface area contributed by atoms with E-state index in [2.05, 4.69) is 52.6 Å². The van der Waals surface area contributed by atoms with Gasteiger partial charge in [0.15, 0.2) is 0 Å². The van der Waals surface area contributed by atoms with Gasteiger partial charge in [-0.25, -0.2) is 0 Å². The Kier molecular flexibility index (Phi) is 4.53. The zero-order valence-electron chi connectivity index (χ0n) is 15.2. The summed E-state index contributed by atoms with van der Waals surface area (Å²) in [6.45, 7) is 7.74. The lowest BCUT2D eigenvalue weighted by atomic mass is 9.44. The average molecular weight is 446 g/mol. The predicted octanol–water partition coefficient (Wildman–Crippen LogP) is 7.19. The minimum absolute atomic E-state index is 0.516. The van der Waals surface area contributed by atoms with Gasteiger partial charge in [-0.3, -0.25) is 0 Å². The number of alkyl halides is 2. The third-order valence-corrected chi connectivity index (χ3v) is 12.6. The summed E-state index contributed by atoms with van der Waals surface area (Å²) >= 11 is 8.53. The molecule has 4 aliphatic rings. The topological polar surface area (TPSA) is 0 Å². The monoisotopic (exact) mass is 444 g/mol. The highest BCUT2D eigenvalue weighted by atomic mass is 79.9. The first-order valence-corrected chi connectivity index (χ1v) is 12.1. The Morgan fingerprint density at radius 1 is 0.957 bits per heavy atom. The fraction of sp³-hybridized carbons (Fsp3) is 1.00. The van der Waals surface area contributed by atoms with Crippen molar-refractivity contribution in [2.75, 3.05) is 0 Å². The molecule has 0 aromatic rings. The van der Waals surface area contributed by atoms with Gasteiger partial charge in [0.05, 0.1) is 0 Å². The first-order chi connectivity index (χ1) is 10.9. The normalized spacial score (nSPS) is 59.1. The van der Waals surface area contributed by atoms with E-state index in [1.807, 2.05) is 0 Å². The SMILES string of the molecule is CC[C@H]1CC[C@H]2[C@@H]3CC[C@H]4CCCC[C@]4(C)[C@H]3[C@@H](Br)[C@H](Br)[C@]12C. The highest BCUT2D eigenvalue weighted by Crippen LogP contribution is 2.70. The summed E-state index contributed by atoms with van der Waals surface area (Å²) in [5, 5.41) is 0. The second-order valence-electron chi connectivity index (χ2n) is 9.72. The maximum Gasteiger partial charge on any atom is 0.0333 e. The largest absolute Gasteiger partial charge is 0.0875 e. The van der Waals surface area contributed by atoms with Crippen LogP contribution in [0.3, 0.4) is 0 Å². The number of rotatable bonds is 1. The lowest BCUT2D eigenvalue weighted by Gasteiger charge is -2.63. The molecule has 0 nitrogen and oxygen atoms in total. The van der Waals surface area contributed by atoms with Crippen molar-refractivity contribution in [1.29, 1.82) is 0 Å². The maximum atomic E-state index is 4.27. The molecule has 0 bridgehead atoms. The zero-order chi connectivity index (χ0) is 16.4. The fourth-order valence-electron chi connectivity index (χ4n) is 8.04. The molecule has 0 amide bonds. The number of halogens is 2. The van der Waals surface area contributed by atoms with E-state index >= 15 is 0 Å².